The molecule has 2 aliphatic rings. The highest BCUT2D eigenvalue weighted by atomic mass is 35.5. The predicted molar refractivity (Wildman–Crippen MR) is 133 cm³/mol. The van der Waals surface area contributed by atoms with Crippen molar-refractivity contribution in [2.45, 2.75) is 18.7 Å². The Labute approximate surface area is 205 Å². The number of para-hydroxylation sites is 1. The Morgan fingerprint density at radius 3 is 2.56 bits per heavy atom. The number of benzene rings is 3. The number of rotatable bonds is 4. The molecule has 10 heteroatoms. The van der Waals surface area contributed by atoms with Crippen LogP contribution in [0.4, 0.5) is 17.1 Å². The first-order chi connectivity index (χ1) is 16.3. The van der Waals surface area contributed by atoms with Crippen molar-refractivity contribution >= 4 is 51.9 Å². The van der Waals surface area contributed by atoms with Crippen molar-refractivity contribution in [3.63, 3.8) is 0 Å². The first-order valence-electron chi connectivity index (χ1n) is 10.5. The fourth-order valence-corrected chi connectivity index (χ4v) is 5.14. The Hall–Kier alpha value is -3.69. The number of carbonyl (C=O) groups is 1. The van der Waals surface area contributed by atoms with Gasteiger partial charge in [-0.25, -0.2) is 0 Å². The summed E-state index contributed by atoms with van der Waals surface area (Å²) in [5, 5.41) is 18.5. The number of halogens is 1. The molecule has 0 aliphatic carbocycles. The van der Waals surface area contributed by atoms with E-state index in [2.05, 4.69) is 10.6 Å². The number of carbonyl (C=O) groups excluding carboxylic acids is 1. The van der Waals surface area contributed by atoms with Crippen molar-refractivity contribution in [2.75, 3.05) is 10.2 Å². The SMILES string of the molecule is C[C@@]12Oc3ccc([N+](=O)[O-])cc3[C@@H](NC(=S)N1c1ccccc1)[C@H]2C(=O)Nc1ccc(Cl)cc1. The Kier molecular flexibility index (Phi) is 5.38. The first-order valence-corrected chi connectivity index (χ1v) is 11.3. The van der Waals surface area contributed by atoms with E-state index in [1.54, 1.807) is 42.2 Å². The minimum Gasteiger partial charge on any atom is -0.467 e. The molecule has 2 heterocycles. The molecule has 1 amide bonds. The maximum Gasteiger partial charge on any atom is 0.270 e. The number of fused-ring (bicyclic) bond motifs is 4. The summed E-state index contributed by atoms with van der Waals surface area (Å²) in [6, 6.07) is 19.9. The third kappa shape index (κ3) is 3.63. The van der Waals surface area contributed by atoms with Gasteiger partial charge in [-0.1, -0.05) is 29.8 Å². The number of amides is 1. The van der Waals surface area contributed by atoms with E-state index < -0.39 is 22.6 Å². The molecule has 0 aromatic heterocycles. The molecule has 2 N–H and O–H groups in total. The molecule has 2 bridgehead atoms. The lowest BCUT2D eigenvalue weighted by atomic mass is 9.78. The lowest BCUT2D eigenvalue weighted by Crippen LogP contribution is -2.72. The second kappa shape index (κ2) is 8.27. The molecule has 8 nitrogen and oxygen atoms in total. The van der Waals surface area contributed by atoms with Crippen molar-refractivity contribution in [3.05, 3.63) is 93.5 Å². The van der Waals surface area contributed by atoms with Crippen molar-refractivity contribution < 1.29 is 14.5 Å². The Bertz CT molecular complexity index is 1300. The highest BCUT2D eigenvalue weighted by molar-refractivity contribution is 7.80. The van der Waals surface area contributed by atoms with Gasteiger partial charge in [0.2, 0.25) is 5.91 Å². The zero-order valence-corrected chi connectivity index (χ0v) is 19.5. The second-order valence-corrected chi connectivity index (χ2v) is 9.03. The van der Waals surface area contributed by atoms with E-state index in [0.717, 1.165) is 5.69 Å². The van der Waals surface area contributed by atoms with Crippen LogP contribution >= 0.6 is 23.8 Å². The molecule has 0 unspecified atom stereocenters. The fraction of sp³-hybridized carbons (Fsp3) is 0.167. The lowest BCUT2D eigenvalue weighted by molar-refractivity contribution is -0.385. The molecule has 2 aliphatic heterocycles. The minimum atomic E-state index is -1.21. The minimum absolute atomic E-state index is 0.0963. The number of hydrogen-bond acceptors (Lipinski definition) is 5. The number of nitrogens with zero attached hydrogens (tertiary/aromatic N) is 2. The number of non-ortho nitro benzene ring substituents is 1. The van der Waals surface area contributed by atoms with Crippen LogP contribution in [0.2, 0.25) is 5.02 Å². The van der Waals surface area contributed by atoms with E-state index >= 15 is 0 Å². The van der Waals surface area contributed by atoms with E-state index in [4.69, 9.17) is 28.6 Å². The van der Waals surface area contributed by atoms with Crippen molar-refractivity contribution in [1.29, 1.82) is 0 Å². The number of thiocarbonyl (C=S) groups is 1. The van der Waals surface area contributed by atoms with Gasteiger partial charge in [0.15, 0.2) is 10.8 Å². The van der Waals surface area contributed by atoms with Crippen molar-refractivity contribution in [2.24, 2.45) is 5.92 Å². The Balaban J connectivity index is 1.63. The zero-order valence-electron chi connectivity index (χ0n) is 17.9. The molecular weight excluding hydrogens is 476 g/mol. The third-order valence-corrected chi connectivity index (χ3v) is 6.65. The molecule has 0 radical (unpaired) electrons. The maximum absolute atomic E-state index is 13.7. The summed E-state index contributed by atoms with van der Waals surface area (Å²) in [6.45, 7) is 1.80. The van der Waals surface area contributed by atoms with Crippen LogP contribution in [0.25, 0.3) is 0 Å². The van der Waals surface area contributed by atoms with E-state index in [1.165, 1.54) is 12.1 Å². The summed E-state index contributed by atoms with van der Waals surface area (Å²) in [5.41, 5.74) is 0.498. The Morgan fingerprint density at radius 1 is 1.18 bits per heavy atom. The van der Waals surface area contributed by atoms with Crippen LogP contribution < -0.4 is 20.3 Å². The second-order valence-electron chi connectivity index (χ2n) is 8.21. The number of ether oxygens (including phenoxy) is 1. The van der Waals surface area contributed by atoms with E-state index in [1.807, 2.05) is 30.3 Å². The standard InChI is InChI=1S/C24H19ClN4O4S/c1-24-20(22(30)26-15-9-7-14(25)8-10-15)21(18-13-17(29(31)32)11-12-19(18)33-24)27-23(34)28(24)16-5-3-2-4-6-16/h2-13,20-21H,1H3,(H,26,30)(H,27,34)/t20-,21+,24-/m0/s1. The molecule has 1 saturated heterocycles. The van der Waals surface area contributed by atoms with Gasteiger partial charge in [-0.15, -0.1) is 0 Å². The van der Waals surface area contributed by atoms with Crippen LogP contribution in [0, 0.1) is 16.0 Å². The summed E-state index contributed by atoms with van der Waals surface area (Å²) in [6.07, 6.45) is 0. The fourth-order valence-electron chi connectivity index (χ4n) is 4.60. The van der Waals surface area contributed by atoms with Gasteiger partial charge in [-0.3, -0.25) is 19.8 Å². The number of nitrogens with one attached hydrogen (secondary N) is 2. The molecule has 5 rings (SSSR count). The molecule has 1 fully saturated rings. The maximum atomic E-state index is 13.7. The van der Waals surface area contributed by atoms with Crippen LogP contribution in [0.15, 0.2) is 72.8 Å². The number of nitro groups is 1. The number of anilines is 2. The van der Waals surface area contributed by atoms with Crippen molar-refractivity contribution in [3.8, 4) is 5.75 Å². The van der Waals surface area contributed by atoms with Gasteiger partial charge >= 0.3 is 0 Å². The quantitative estimate of drug-likeness (QED) is 0.297. The van der Waals surface area contributed by atoms with Crippen LogP contribution in [0.1, 0.15) is 18.5 Å². The van der Waals surface area contributed by atoms with Gasteiger partial charge in [0.25, 0.3) is 5.69 Å². The molecule has 3 aromatic carbocycles. The van der Waals surface area contributed by atoms with Gasteiger partial charge in [0, 0.05) is 34.1 Å². The number of nitro benzene ring substituents is 1. The lowest BCUT2D eigenvalue weighted by Gasteiger charge is -2.55. The highest BCUT2D eigenvalue weighted by Crippen LogP contribution is 2.50. The van der Waals surface area contributed by atoms with Crippen LogP contribution in [-0.4, -0.2) is 21.7 Å². The molecule has 3 aromatic rings. The van der Waals surface area contributed by atoms with Gasteiger partial charge in [-0.05, 0) is 61.6 Å². The van der Waals surface area contributed by atoms with Gasteiger partial charge < -0.3 is 15.4 Å². The zero-order chi connectivity index (χ0) is 24.0. The topological polar surface area (TPSA) is 96.7 Å². The number of hydrogen-bond donors (Lipinski definition) is 2. The Morgan fingerprint density at radius 2 is 1.88 bits per heavy atom. The van der Waals surface area contributed by atoms with E-state index in [0.29, 0.717) is 27.1 Å². The van der Waals surface area contributed by atoms with Gasteiger partial charge in [-0.2, -0.15) is 0 Å². The average molecular weight is 495 g/mol. The van der Waals surface area contributed by atoms with Crippen LogP contribution in [0.5, 0.6) is 5.75 Å². The largest absolute Gasteiger partial charge is 0.467 e. The van der Waals surface area contributed by atoms with E-state index in [9.17, 15) is 14.9 Å². The summed E-state index contributed by atoms with van der Waals surface area (Å²) >= 11 is 11.7. The molecule has 3 atom stereocenters. The molecule has 0 saturated carbocycles. The monoisotopic (exact) mass is 494 g/mol. The molecule has 0 spiro atoms. The predicted octanol–water partition coefficient (Wildman–Crippen LogP) is 5.05. The summed E-state index contributed by atoms with van der Waals surface area (Å²) in [4.78, 5) is 26.4. The average Bonchev–Trinajstić information content (AvgIpc) is 2.80. The summed E-state index contributed by atoms with van der Waals surface area (Å²) < 4.78 is 6.45. The van der Waals surface area contributed by atoms with Gasteiger partial charge in [0.1, 0.15) is 11.7 Å². The molecule has 34 heavy (non-hydrogen) atoms. The summed E-state index contributed by atoms with van der Waals surface area (Å²) in [7, 11) is 0. The normalized spacial score (nSPS) is 22.8. The first kappa shape index (κ1) is 22.1. The molecule has 172 valence electrons. The third-order valence-electron chi connectivity index (χ3n) is 6.10. The van der Waals surface area contributed by atoms with E-state index in [-0.39, 0.29) is 11.6 Å². The molecular formula is C24H19ClN4O4S. The van der Waals surface area contributed by atoms with Gasteiger partial charge in [0.05, 0.1) is 11.0 Å². The van der Waals surface area contributed by atoms with Crippen LogP contribution in [-0.2, 0) is 4.79 Å². The summed E-state index contributed by atoms with van der Waals surface area (Å²) in [5.74, 6) is -0.697. The smallest absolute Gasteiger partial charge is 0.270 e. The van der Waals surface area contributed by atoms with Crippen molar-refractivity contribution in [1.82, 2.24) is 5.32 Å². The highest BCUT2D eigenvalue weighted by Gasteiger charge is 2.59. The van der Waals surface area contributed by atoms with Crippen LogP contribution in [0.3, 0.4) is 0 Å².